The van der Waals surface area contributed by atoms with Gasteiger partial charge in [-0.15, -0.1) is 11.8 Å². The monoisotopic (exact) mass is 321 g/mol. The fraction of sp³-hybridized carbons (Fsp3) is 0.455. The number of halogens is 1. The molecule has 1 aromatic rings. The predicted molar refractivity (Wildman–Crippen MR) is 73.7 cm³/mol. The van der Waals surface area contributed by atoms with Crippen molar-refractivity contribution in [3.8, 4) is 0 Å². The normalized spacial score (nSPS) is 13.2. The quantitative estimate of drug-likeness (QED) is 0.517. The maximum Gasteiger partial charge on any atom is 0.0462 e. The molecule has 0 aliphatic heterocycles. The molecule has 0 fully saturated rings. The zero-order valence-electron chi connectivity index (χ0n) is 8.75. The number of hydrogen-bond acceptors (Lipinski definition) is 2. The summed E-state index contributed by atoms with van der Waals surface area (Å²) < 4.78 is 1.20. The van der Waals surface area contributed by atoms with Crippen LogP contribution in [0.15, 0.2) is 23.1 Å². The van der Waals surface area contributed by atoms with Gasteiger partial charge in [-0.3, -0.25) is 0 Å². The topological polar surface area (TPSA) is 26.0 Å². The first-order chi connectivity index (χ1) is 6.50. The molecule has 1 aromatic carbocycles. The lowest BCUT2D eigenvalue weighted by atomic mass is 10.2. The SMILES string of the molecule is CC(C)C(C)Sc1ccc(I)cc1N. The van der Waals surface area contributed by atoms with Crippen LogP contribution in [0, 0.1) is 9.49 Å². The van der Waals surface area contributed by atoms with Gasteiger partial charge in [-0.1, -0.05) is 20.8 Å². The number of anilines is 1. The molecule has 78 valence electrons. The van der Waals surface area contributed by atoms with Gasteiger partial charge in [0.25, 0.3) is 0 Å². The Morgan fingerprint density at radius 2 is 1.93 bits per heavy atom. The molecule has 0 saturated heterocycles. The molecular formula is C11H16INS. The Balaban J connectivity index is 2.77. The fourth-order valence-electron chi connectivity index (χ4n) is 0.963. The van der Waals surface area contributed by atoms with Crippen molar-refractivity contribution in [3.63, 3.8) is 0 Å². The van der Waals surface area contributed by atoms with E-state index in [2.05, 4.69) is 55.5 Å². The summed E-state index contributed by atoms with van der Waals surface area (Å²) in [6.07, 6.45) is 0. The third-order valence-electron chi connectivity index (χ3n) is 2.22. The number of hydrogen-bond donors (Lipinski definition) is 1. The van der Waals surface area contributed by atoms with Crippen molar-refractivity contribution in [1.29, 1.82) is 0 Å². The first kappa shape index (κ1) is 12.2. The summed E-state index contributed by atoms with van der Waals surface area (Å²) in [6, 6.07) is 6.24. The lowest BCUT2D eigenvalue weighted by Crippen LogP contribution is -2.05. The van der Waals surface area contributed by atoms with Crippen molar-refractivity contribution in [3.05, 3.63) is 21.8 Å². The molecule has 2 N–H and O–H groups in total. The summed E-state index contributed by atoms with van der Waals surface area (Å²) >= 11 is 4.14. The average Bonchev–Trinajstić information content (AvgIpc) is 2.09. The van der Waals surface area contributed by atoms with Crippen LogP contribution in [0.2, 0.25) is 0 Å². The largest absolute Gasteiger partial charge is 0.398 e. The van der Waals surface area contributed by atoms with Crippen molar-refractivity contribution in [2.45, 2.75) is 30.9 Å². The maximum atomic E-state index is 5.94. The molecule has 1 atom stereocenters. The molecule has 0 heterocycles. The molecule has 3 heteroatoms. The van der Waals surface area contributed by atoms with Gasteiger partial charge in [0.05, 0.1) is 0 Å². The van der Waals surface area contributed by atoms with E-state index < -0.39 is 0 Å². The van der Waals surface area contributed by atoms with Crippen LogP contribution in [-0.2, 0) is 0 Å². The van der Waals surface area contributed by atoms with E-state index in [-0.39, 0.29) is 0 Å². The van der Waals surface area contributed by atoms with E-state index in [4.69, 9.17) is 5.73 Å². The van der Waals surface area contributed by atoms with E-state index in [1.807, 2.05) is 17.8 Å². The van der Waals surface area contributed by atoms with Crippen molar-refractivity contribution in [2.75, 3.05) is 5.73 Å². The Morgan fingerprint density at radius 1 is 1.29 bits per heavy atom. The predicted octanol–water partition coefficient (Wildman–Crippen LogP) is 4.01. The van der Waals surface area contributed by atoms with E-state index in [1.54, 1.807) is 0 Å². The molecule has 0 aliphatic carbocycles. The third-order valence-corrected chi connectivity index (χ3v) is 4.44. The molecule has 0 saturated carbocycles. The van der Waals surface area contributed by atoms with Gasteiger partial charge in [0.2, 0.25) is 0 Å². The van der Waals surface area contributed by atoms with E-state index in [0.717, 1.165) is 5.69 Å². The van der Waals surface area contributed by atoms with Gasteiger partial charge >= 0.3 is 0 Å². The first-order valence-corrected chi connectivity index (χ1v) is 6.68. The molecule has 0 aliphatic rings. The standard InChI is InChI=1S/C11H16INS/c1-7(2)8(3)14-11-5-4-9(12)6-10(11)13/h4-8H,13H2,1-3H3. The number of nitrogen functional groups attached to an aromatic ring is 1. The van der Waals surface area contributed by atoms with E-state index in [9.17, 15) is 0 Å². The van der Waals surface area contributed by atoms with Gasteiger partial charge < -0.3 is 5.73 Å². The summed E-state index contributed by atoms with van der Waals surface area (Å²) in [4.78, 5) is 1.20. The Hall–Kier alpha value is 0.1000. The molecule has 0 spiro atoms. The maximum absolute atomic E-state index is 5.94. The van der Waals surface area contributed by atoms with Crippen LogP contribution < -0.4 is 5.73 Å². The van der Waals surface area contributed by atoms with Gasteiger partial charge in [-0.05, 0) is 46.7 Å². The van der Waals surface area contributed by atoms with Crippen molar-refractivity contribution >= 4 is 40.0 Å². The zero-order valence-corrected chi connectivity index (χ0v) is 11.7. The smallest absolute Gasteiger partial charge is 0.0462 e. The molecule has 1 unspecified atom stereocenters. The number of thioether (sulfide) groups is 1. The average molecular weight is 321 g/mol. The number of benzene rings is 1. The summed E-state index contributed by atoms with van der Waals surface area (Å²) in [5.41, 5.74) is 6.84. The van der Waals surface area contributed by atoms with Crippen LogP contribution in [-0.4, -0.2) is 5.25 Å². The van der Waals surface area contributed by atoms with Gasteiger partial charge in [0.1, 0.15) is 0 Å². The zero-order chi connectivity index (χ0) is 10.7. The van der Waals surface area contributed by atoms with Gasteiger partial charge in [-0.25, -0.2) is 0 Å². The van der Waals surface area contributed by atoms with Gasteiger partial charge in [0, 0.05) is 19.4 Å². The van der Waals surface area contributed by atoms with Gasteiger partial charge in [-0.2, -0.15) is 0 Å². The highest BCUT2D eigenvalue weighted by Crippen LogP contribution is 2.32. The molecular weight excluding hydrogens is 305 g/mol. The number of nitrogens with two attached hydrogens (primary N) is 1. The lowest BCUT2D eigenvalue weighted by molar-refractivity contribution is 0.642. The van der Waals surface area contributed by atoms with Crippen LogP contribution in [0.5, 0.6) is 0 Å². The highest BCUT2D eigenvalue weighted by molar-refractivity contribution is 14.1. The molecule has 0 bridgehead atoms. The van der Waals surface area contributed by atoms with Crippen LogP contribution in [0.3, 0.4) is 0 Å². The van der Waals surface area contributed by atoms with E-state index >= 15 is 0 Å². The molecule has 0 amide bonds. The Kier molecular flexibility index (Phi) is 4.57. The van der Waals surface area contributed by atoms with Gasteiger partial charge in [0.15, 0.2) is 0 Å². The van der Waals surface area contributed by atoms with Crippen molar-refractivity contribution in [1.82, 2.24) is 0 Å². The Bertz CT molecular complexity index is 312. The minimum Gasteiger partial charge on any atom is -0.398 e. The highest BCUT2D eigenvalue weighted by atomic mass is 127. The Labute approximate surface area is 104 Å². The minimum atomic E-state index is 0.609. The molecule has 0 aromatic heterocycles. The molecule has 0 radical (unpaired) electrons. The minimum absolute atomic E-state index is 0.609. The molecule has 1 nitrogen and oxygen atoms in total. The van der Waals surface area contributed by atoms with Crippen LogP contribution in [0.4, 0.5) is 5.69 Å². The van der Waals surface area contributed by atoms with E-state index in [1.165, 1.54) is 8.47 Å². The first-order valence-electron chi connectivity index (χ1n) is 4.72. The fourth-order valence-corrected chi connectivity index (χ4v) is 2.49. The highest BCUT2D eigenvalue weighted by Gasteiger charge is 2.10. The second-order valence-electron chi connectivity index (χ2n) is 3.75. The summed E-state index contributed by atoms with van der Waals surface area (Å²) in [5.74, 6) is 0.679. The number of rotatable bonds is 3. The third kappa shape index (κ3) is 3.35. The molecule has 14 heavy (non-hydrogen) atoms. The summed E-state index contributed by atoms with van der Waals surface area (Å²) in [5, 5.41) is 0.609. The van der Waals surface area contributed by atoms with Crippen molar-refractivity contribution < 1.29 is 0 Å². The van der Waals surface area contributed by atoms with Crippen LogP contribution >= 0.6 is 34.4 Å². The summed E-state index contributed by atoms with van der Waals surface area (Å²) in [7, 11) is 0. The lowest BCUT2D eigenvalue weighted by Gasteiger charge is -2.16. The van der Waals surface area contributed by atoms with Crippen LogP contribution in [0.1, 0.15) is 20.8 Å². The van der Waals surface area contributed by atoms with Crippen LogP contribution in [0.25, 0.3) is 0 Å². The van der Waals surface area contributed by atoms with Crippen molar-refractivity contribution in [2.24, 2.45) is 5.92 Å². The second-order valence-corrected chi connectivity index (χ2v) is 6.41. The van der Waals surface area contributed by atoms with E-state index in [0.29, 0.717) is 11.2 Å². The summed E-state index contributed by atoms with van der Waals surface area (Å²) in [6.45, 7) is 6.72. The molecule has 1 rings (SSSR count). The Morgan fingerprint density at radius 3 is 2.43 bits per heavy atom. The second kappa shape index (κ2) is 5.26.